The van der Waals surface area contributed by atoms with E-state index in [1.807, 2.05) is 6.92 Å². The lowest BCUT2D eigenvalue weighted by Gasteiger charge is -2.47. The molecule has 0 aromatic carbocycles. The Morgan fingerprint density at radius 1 is 1.62 bits per heavy atom. The first-order valence-electron chi connectivity index (χ1n) is 5.32. The monoisotopic (exact) mass is 244 g/mol. The van der Waals surface area contributed by atoms with Crippen LogP contribution in [0.2, 0.25) is 5.02 Å². The van der Waals surface area contributed by atoms with Gasteiger partial charge in [0.15, 0.2) is 11.6 Å². The molecule has 0 spiro atoms. The Morgan fingerprint density at radius 2 is 2.31 bits per heavy atom. The molecule has 2 rings (SSSR count). The quantitative estimate of drug-likeness (QED) is 0.886. The summed E-state index contributed by atoms with van der Waals surface area (Å²) in [5, 5.41) is 10.3. The van der Waals surface area contributed by atoms with Gasteiger partial charge in [0.05, 0.1) is 23.7 Å². The van der Waals surface area contributed by atoms with Crippen LogP contribution in [-0.2, 0) is 0 Å². The number of β-amino-alcohol motifs (C(OH)–C–C–N with tert-alkyl or cyclic N) is 1. The molecule has 1 fully saturated rings. The molecule has 0 unspecified atom stereocenters. The molecule has 88 valence electrons. The van der Waals surface area contributed by atoms with Crippen LogP contribution in [-0.4, -0.2) is 28.8 Å². The van der Waals surface area contributed by atoms with Crippen molar-refractivity contribution in [2.24, 2.45) is 0 Å². The van der Waals surface area contributed by atoms with Crippen molar-refractivity contribution < 1.29 is 9.50 Å². The van der Waals surface area contributed by atoms with Crippen molar-refractivity contribution >= 4 is 17.4 Å². The first-order chi connectivity index (χ1) is 7.54. The van der Waals surface area contributed by atoms with Gasteiger partial charge in [0.2, 0.25) is 0 Å². The summed E-state index contributed by atoms with van der Waals surface area (Å²) in [4.78, 5) is 5.66. The summed E-state index contributed by atoms with van der Waals surface area (Å²) in [6.45, 7) is 2.89. The minimum absolute atomic E-state index is 0.269. The van der Waals surface area contributed by atoms with Crippen LogP contribution in [0.25, 0.3) is 0 Å². The number of aromatic nitrogens is 1. The zero-order chi connectivity index (χ0) is 11.8. The summed E-state index contributed by atoms with van der Waals surface area (Å²) in [5.41, 5.74) is -0.678. The van der Waals surface area contributed by atoms with Crippen LogP contribution in [0.1, 0.15) is 19.8 Å². The number of hydrogen-bond acceptors (Lipinski definition) is 3. The van der Waals surface area contributed by atoms with Crippen molar-refractivity contribution in [1.82, 2.24) is 4.98 Å². The zero-order valence-corrected chi connectivity index (χ0v) is 9.84. The highest BCUT2D eigenvalue weighted by Crippen LogP contribution is 2.31. The van der Waals surface area contributed by atoms with Crippen molar-refractivity contribution in [1.29, 1.82) is 0 Å². The van der Waals surface area contributed by atoms with Gasteiger partial charge >= 0.3 is 0 Å². The lowest BCUT2D eigenvalue weighted by molar-refractivity contribution is 0.00258. The Hall–Kier alpha value is -0.870. The molecule has 0 bridgehead atoms. The average molecular weight is 245 g/mol. The molecule has 1 aromatic heterocycles. The smallest absolute Gasteiger partial charge is 0.167 e. The van der Waals surface area contributed by atoms with E-state index in [2.05, 4.69) is 4.98 Å². The largest absolute Gasteiger partial charge is 0.386 e. The minimum Gasteiger partial charge on any atom is -0.386 e. The van der Waals surface area contributed by atoms with E-state index >= 15 is 0 Å². The molecule has 1 aliphatic heterocycles. The average Bonchev–Trinajstić information content (AvgIpc) is 2.14. The maximum absolute atomic E-state index is 13.5. The molecule has 0 amide bonds. The van der Waals surface area contributed by atoms with Gasteiger partial charge in [-0.3, -0.25) is 0 Å². The number of halogens is 2. The number of rotatable bonds is 3. The molecule has 0 aliphatic carbocycles. The summed E-state index contributed by atoms with van der Waals surface area (Å²) < 4.78 is 13.5. The topological polar surface area (TPSA) is 36.4 Å². The molecule has 0 atom stereocenters. The highest BCUT2D eigenvalue weighted by molar-refractivity contribution is 6.30. The normalized spacial score (nSPS) is 18.4. The SMILES string of the molecule is CCCC1(O)CN(c2ncc(Cl)cc2F)C1. The van der Waals surface area contributed by atoms with Crippen molar-refractivity contribution in [3.8, 4) is 0 Å². The van der Waals surface area contributed by atoms with E-state index in [0.717, 1.165) is 12.8 Å². The van der Waals surface area contributed by atoms with Gasteiger partial charge in [-0.25, -0.2) is 9.37 Å². The molecule has 1 aliphatic rings. The predicted octanol–water partition coefficient (Wildman–Crippen LogP) is 2.23. The molecule has 1 aromatic rings. The fourth-order valence-corrected chi connectivity index (χ4v) is 2.22. The summed E-state index contributed by atoms with van der Waals surface area (Å²) in [7, 11) is 0. The Kier molecular flexibility index (Phi) is 3.04. The van der Waals surface area contributed by atoms with Gasteiger partial charge in [-0.1, -0.05) is 24.9 Å². The van der Waals surface area contributed by atoms with Gasteiger partial charge in [-0.15, -0.1) is 0 Å². The molecule has 0 radical (unpaired) electrons. The number of pyridine rings is 1. The van der Waals surface area contributed by atoms with Gasteiger partial charge in [-0.05, 0) is 12.5 Å². The highest BCUT2D eigenvalue weighted by atomic mass is 35.5. The zero-order valence-electron chi connectivity index (χ0n) is 9.08. The third-order valence-electron chi connectivity index (χ3n) is 2.77. The molecule has 3 nitrogen and oxygen atoms in total. The minimum atomic E-state index is -0.678. The molecule has 16 heavy (non-hydrogen) atoms. The molecular formula is C11H14ClFN2O. The predicted molar refractivity (Wildman–Crippen MR) is 61.3 cm³/mol. The van der Waals surface area contributed by atoms with Crippen LogP contribution in [0.3, 0.4) is 0 Å². The summed E-state index contributed by atoms with van der Waals surface area (Å²) in [6.07, 6.45) is 3.07. The molecule has 1 saturated heterocycles. The van der Waals surface area contributed by atoms with Crippen LogP contribution in [0.15, 0.2) is 12.3 Å². The van der Waals surface area contributed by atoms with Crippen molar-refractivity contribution in [3.05, 3.63) is 23.1 Å². The Morgan fingerprint density at radius 3 is 2.88 bits per heavy atom. The number of anilines is 1. The first kappa shape index (κ1) is 11.6. The second-order valence-corrected chi connectivity index (χ2v) is 4.73. The van der Waals surface area contributed by atoms with E-state index in [1.165, 1.54) is 12.3 Å². The third kappa shape index (κ3) is 2.13. The van der Waals surface area contributed by atoms with Crippen molar-refractivity contribution in [2.45, 2.75) is 25.4 Å². The third-order valence-corrected chi connectivity index (χ3v) is 2.98. The fourth-order valence-electron chi connectivity index (χ4n) is 2.08. The van der Waals surface area contributed by atoms with Crippen LogP contribution >= 0.6 is 11.6 Å². The van der Waals surface area contributed by atoms with Crippen LogP contribution in [0, 0.1) is 5.82 Å². The summed E-state index contributed by atoms with van der Waals surface area (Å²) >= 11 is 5.62. The highest BCUT2D eigenvalue weighted by Gasteiger charge is 2.41. The Labute approximate surface area is 98.9 Å². The van der Waals surface area contributed by atoms with E-state index in [9.17, 15) is 9.50 Å². The number of aliphatic hydroxyl groups is 1. The van der Waals surface area contributed by atoms with Gasteiger partial charge < -0.3 is 10.0 Å². The van der Waals surface area contributed by atoms with E-state index in [-0.39, 0.29) is 10.8 Å². The van der Waals surface area contributed by atoms with Gasteiger partial charge in [0.1, 0.15) is 0 Å². The lowest BCUT2D eigenvalue weighted by atomic mass is 9.89. The first-order valence-corrected chi connectivity index (χ1v) is 5.70. The maximum Gasteiger partial charge on any atom is 0.167 e. The van der Waals surface area contributed by atoms with E-state index in [0.29, 0.717) is 13.1 Å². The molecule has 2 heterocycles. The molecular weight excluding hydrogens is 231 g/mol. The van der Waals surface area contributed by atoms with Crippen LogP contribution < -0.4 is 4.90 Å². The standard InChI is InChI=1S/C11H14ClFN2O/c1-2-3-11(16)6-15(7-11)10-9(13)4-8(12)5-14-10/h4-5,16H,2-3,6-7H2,1H3. The van der Waals surface area contributed by atoms with Crippen LogP contribution in [0.5, 0.6) is 0 Å². The second-order valence-electron chi connectivity index (χ2n) is 4.29. The molecule has 0 saturated carbocycles. The maximum atomic E-state index is 13.5. The van der Waals surface area contributed by atoms with E-state index < -0.39 is 11.4 Å². The molecule has 5 heteroatoms. The van der Waals surface area contributed by atoms with Crippen LogP contribution in [0.4, 0.5) is 10.2 Å². The Bertz CT molecular complexity index is 394. The second kappa shape index (κ2) is 4.18. The van der Waals surface area contributed by atoms with E-state index in [1.54, 1.807) is 4.90 Å². The van der Waals surface area contributed by atoms with Crippen molar-refractivity contribution in [2.75, 3.05) is 18.0 Å². The summed E-state index contributed by atoms with van der Waals surface area (Å²) in [6, 6.07) is 1.24. The number of hydrogen-bond donors (Lipinski definition) is 1. The van der Waals surface area contributed by atoms with Gasteiger partial charge in [0, 0.05) is 6.20 Å². The lowest BCUT2D eigenvalue weighted by Crippen LogP contribution is -2.62. The fraction of sp³-hybridized carbons (Fsp3) is 0.545. The van der Waals surface area contributed by atoms with Gasteiger partial charge in [0.25, 0.3) is 0 Å². The van der Waals surface area contributed by atoms with Gasteiger partial charge in [-0.2, -0.15) is 0 Å². The van der Waals surface area contributed by atoms with E-state index in [4.69, 9.17) is 11.6 Å². The number of nitrogens with zero attached hydrogens (tertiary/aromatic N) is 2. The summed E-state index contributed by atoms with van der Waals surface area (Å²) in [5.74, 6) is -0.170. The van der Waals surface area contributed by atoms with Crippen molar-refractivity contribution in [3.63, 3.8) is 0 Å². The molecule has 1 N–H and O–H groups in total. The Balaban J connectivity index is 2.06.